The van der Waals surface area contributed by atoms with Gasteiger partial charge >= 0.3 is 5.97 Å². The van der Waals surface area contributed by atoms with Crippen molar-refractivity contribution in [3.63, 3.8) is 0 Å². The van der Waals surface area contributed by atoms with E-state index in [1.165, 1.54) is 16.4 Å². The summed E-state index contributed by atoms with van der Waals surface area (Å²) in [5.41, 5.74) is -0.239. The molecule has 0 unspecified atom stereocenters. The third kappa shape index (κ3) is 2.93. The van der Waals surface area contributed by atoms with Crippen LogP contribution in [-0.4, -0.2) is 34.5 Å². The molecule has 0 aliphatic carbocycles. The van der Waals surface area contributed by atoms with Crippen LogP contribution in [0.2, 0.25) is 0 Å². The summed E-state index contributed by atoms with van der Waals surface area (Å²) in [5.74, 6) is -1.41. The Morgan fingerprint density at radius 1 is 1.45 bits per heavy atom. The van der Waals surface area contributed by atoms with Gasteiger partial charge in [0, 0.05) is 11.0 Å². The van der Waals surface area contributed by atoms with E-state index in [4.69, 9.17) is 0 Å². The lowest BCUT2D eigenvalue weighted by Gasteiger charge is -2.47. The number of ether oxygens (including phenoxy) is 1. The molecule has 0 spiro atoms. The molecule has 2 N–H and O–H groups in total. The van der Waals surface area contributed by atoms with Crippen molar-refractivity contribution in [2.75, 3.05) is 23.7 Å². The second kappa shape index (κ2) is 5.88. The second-order valence-electron chi connectivity index (χ2n) is 4.42. The quantitative estimate of drug-likeness (QED) is 0.780. The molecule has 8 heteroatoms. The molecule has 1 heterocycles. The molecule has 0 aromatic heterocycles. The van der Waals surface area contributed by atoms with Crippen LogP contribution in [0.5, 0.6) is 0 Å². The Bertz CT molecular complexity index is 540. The molecule has 0 bridgehead atoms. The zero-order chi connectivity index (χ0) is 14.9. The zero-order valence-corrected chi connectivity index (χ0v) is 13.2. The minimum absolute atomic E-state index is 0.000486. The summed E-state index contributed by atoms with van der Waals surface area (Å²) in [6, 6.07) is 2.74. The Hall–Kier alpha value is -0.830. The molecule has 1 aromatic carbocycles. The number of hydrogen-bond acceptors (Lipinski definition) is 5. The average Bonchev–Trinajstić information content (AvgIpc) is 2.40. The summed E-state index contributed by atoms with van der Waals surface area (Å²) in [4.78, 5) is 11.6. The SMILES string of the molecule is COC(=O)c1cc(Br)cc(N2CCCCS2(O)O)c1F. The third-order valence-corrected chi connectivity index (χ3v) is 5.45. The van der Waals surface area contributed by atoms with Gasteiger partial charge in [0.1, 0.15) is 0 Å². The summed E-state index contributed by atoms with van der Waals surface area (Å²) in [7, 11) is -1.88. The second-order valence-corrected chi connectivity index (χ2v) is 7.45. The smallest absolute Gasteiger partial charge is 0.340 e. The number of carbonyl (C=O) groups is 1. The van der Waals surface area contributed by atoms with Crippen molar-refractivity contribution in [1.82, 2.24) is 0 Å². The first kappa shape index (κ1) is 15.6. The van der Waals surface area contributed by atoms with E-state index in [9.17, 15) is 18.3 Å². The monoisotopic (exact) mass is 367 g/mol. The first-order valence-electron chi connectivity index (χ1n) is 5.98. The topological polar surface area (TPSA) is 70.0 Å². The molecule has 1 aliphatic heterocycles. The number of benzene rings is 1. The van der Waals surface area contributed by atoms with Gasteiger partial charge in [-0.25, -0.2) is 9.18 Å². The van der Waals surface area contributed by atoms with Crippen molar-refractivity contribution in [3.05, 3.63) is 28.0 Å². The maximum absolute atomic E-state index is 14.4. The van der Waals surface area contributed by atoms with Crippen LogP contribution in [0.1, 0.15) is 23.2 Å². The highest BCUT2D eigenvalue weighted by Crippen LogP contribution is 2.50. The van der Waals surface area contributed by atoms with E-state index in [2.05, 4.69) is 20.7 Å². The summed E-state index contributed by atoms with van der Waals surface area (Å²) in [5, 5.41) is 0. The molecule has 5 nitrogen and oxygen atoms in total. The summed E-state index contributed by atoms with van der Waals surface area (Å²) in [6.07, 6.45) is 1.41. The molecule has 1 fully saturated rings. The molecule has 20 heavy (non-hydrogen) atoms. The molecule has 112 valence electrons. The maximum Gasteiger partial charge on any atom is 0.340 e. The molecule has 0 atom stereocenters. The Balaban J connectivity index is 2.51. The van der Waals surface area contributed by atoms with Gasteiger partial charge in [-0.2, -0.15) is 0 Å². The van der Waals surface area contributed by atoms with Crippen molar-refractivity contribution < 1.29 is 23.0 Å². The van der Waals surface area contributed by atoms with Gasteiger partial charge in [-0.05, 0) is 25.0 Å². The van der Waals surface area contributed by atoms with Gasteiger partial charge in [0.25, 0.3) is 0 Å². The minimum atomic E-state index is -3.04. The van der Waals surface area contributed by atoms with Gasteiger partial charge in [0.15, 0.2) is 5.82 Å². The van der Waals surface area contributed by atoms with Gasteiger partial charge in [0.2, 0.25) is 0 Å². The molecule has 0 radical (unpaired) electrons. The highest BCUT2D eigenvalue weighted by molar-refractivity contribution is 9.10. The zero-order valence-electron chi connectivity index (χ0n) is 10.8. The van der Waals surface area contributed by atoms with Crippen molar-refractivity contribution in [2.24, 2.45) is 0 Å². The standard InChI is InChI=1S/C12H15BrFNO4S/c1-19-12(16)9-6-8(13)7-10(11(9)14)15-4-2-3-5-20(15,17)18/h6-7,17-18H,2-5H2,1H3. The van der Waals surface area contributed by atoms with Crippen LogP contribution in [0.25, 0.3) is 0 Å². The number of hydrogen-bond donors (Lipinski definition) is 2. The molecular weight excluding hydrogens is 353 g/mol. The van der Waals surface area contributed by atoms with Crippen LogP contribution >= 0.6 is 26.7 Å². The van der Waals surface area contributed by atoms with Gasteiger partial charge in [-0.15, -0.1) is 10.8 Å². The van der Waals surface area contributed by atoms with Crippen molar-refractivity contribution in [3.8, 4) is 0 Å². The van der Waals surface area contributed by atoms with Gasteiger partial charge in [0.05, 0.1) is 24.1 Å². The van der Waals surface area contributed by atoms with Crippen LogP contribution in [0.15, 0.2) is 16.6 Å². The minimum Gasteiger partial charge on any atom is -0.465 e. The van der Waals surface area contributed by atoms with Crippen LogP contribution in [-0.2, 0) is 4.74 Å². The molecule has 1 aromatic rings. The Morgan fingerprint density at radius 3 is 2.75 bits per heavy atom. The van der Waals surface area contributed by atoms with Gasteiger partial charge < -0.3 is 4.74 Å². The maximum atomic E-state index is 14.4. The third-order valence-electron chi connectivity index (χ3n) is 3.07. The summed E-state index contributed by atoms with van der Waals surface area (Å²) < 4.78 is 40.8. The Labute approximate surface area is 126 Å². The van der Waals surface area contributed by atoms with E-state index in [1.807, 2.05) is 0 Å². The Morgan fingerprint density at radius 2 is 2.15 bits per heavy atom. The molecule has 1 aliphatic rings. The van der Waals surface area contributed by atoms with Crippen LogP contribution in [0.3, 0.4) is 0 Å². The lowest BCUT2D eigenvalue weighted by Crippen LogP contribution is -2.35. The van der Waals surface area contributed by atoms with Crippen molar-refractivity contribution in [1.29, 1.82) is 0 Å². The fraction of sp³-hybridized carbons (Fsp3) is 0.417. The molecule has 0 saturated carbocycles. The van der Waals surface area contributed by atoms with E-state index in [-0.39, 0.29) is 17.0 Å². The summed E-state index contributed by atoms with van der Waals surface area (Å²) >= 11 is 3.19. The number of nitrogens with zero attached hydrogens (tertiary/aromatic N) is 1. The van der Waals surface area contributed by atoms with Crippen LogP contribution in [0.4, 0.5) is 10.1 Å². The first-order valence-corrected chi connectivity index (χ1v) is 8.44. The number of halogens is 2. The van der Waals surface area contributed by atoms with E-state index < -0.39 is 22.6 Å². The van der Waals surface area contributed by atoms with Crippen molar-refractivity contribution >= 4 is 38.4 Å². The predicted octanol–water partition coefficient (Wildman–Crippen LogP) is 3.64. The normalized spacial score (nSPS) is 19.6. The van der Waals surface area contributed by atoms with E-state index in [0.717, 1.165) is 13.5 Å². The first-order chi connectivity index (χ1) is 9.36. The summed E-state index contributed by atoms with van der Waals surface area (Å²) in [6.45, 7) is 0.330. The fourth-order valence-corrected chi connectivity index (χ4v) is 4.23. The Kier molecular flexibility index (Phi) is 4.58. The highest BCUT2D eigenvalue weighted by atomic mass is 79.9. The van der Waals surface area contributed by atoms with E-state index >= 15 is 0 Å². The number of carbonyl (C=O) groups excluding carboxylic acids is 1. The highest BCUT2D eigenvalue weighted by Gasteiger charge is 2.31. The largest absolute Gasteiger partial charge is 0.465 e. The molecule has 1 saturated heterocycles. The number of methoxy groups -OCH3 is 1. The lowest BCUT2D eigenvalue weighted by molar-refractivity contribution is 0.0595. The van der Waals surface area contributed by atoms with Crippen molar-refractivity contribution in [2.45, 2.75) is 12.8 Å². The van der Waals surface area contributed by atoms with Gasteiger partial charge in [-0.3, -0.25) is 13.4 Å². The predicted molar refractivity (Wildman–Crippen MR) is 79.7 cm³/mol. The van der Waals surface area contributed by atoms with E-state index in [1.54, 1.807) is 0 Å². The number of anilines is 1. The average molecular weight is 368 g/mol. The van der Waals surface area contributed by atoms with Gasteiger partial charge in [-0.1, -0.05) is 15.9 Å². The number of esters is 1. The lowest BCUT2D eigenvalue weighted by atomic mass is 10.2. The molecule has 0 amide bonds. The van der Waals surface area contributed by atoms with E-state index in [0.29, 0.717) is 17.4 Å². The number of rotatable bonds is 2. The van der Waals surface area contributed by atoms with Crippen LogP contribution in [0, 0.1) is 5.82 Å². The van der Waals surface area contributed by atoms with Crippen LogP contribution < -0.4 is 4.31 Å². The molecular formula is C12H15BrFNO4S. The molecule has 2 rings (SSSR count). The fourth-order valence-electron chi connectivity index (χ4n) is 2.10.